The number of nitrogens with zero attached hydrogens (tertiary/aromatic N) is 1. The van der Waals surface area contributed by atoms with Gasteiger partial charge < -0.3 is 14.4 Å². The van der Waals surface area contributed by atoms with Crippen molar-refractivity contribution in [3.8, 4) is 0 Å². The molecule has 0 aromatic heterocycles. The Balaban J connectivity index is 1.49. The Morgan fingerprint density at radius 2 is 2.00 bits per heavy atom. The molecule has 1 spiro atoms. The van der Waals surface area contributed by atoms with Crippen LogP contribution in [0.1, 0.15) is 51.5 Å². The average Bonchev–Trinajstić information content (AvgIpc) is 2.61. The van der Waals surface area contributed by atoms with Gasteiger partial charge in [0.05, 0.1) is 18.3 Å². The number of ether oxygens (including phenoxy) is 2. The highest BCUT2D eigenvalue weighted by Gasteiger charge is 2.41. The lowest BCUT2D eigenvalue weighted by molar-refractivity contribution is -0.163. The summed E-state index contributed by atoms with van der Waals surface area (Å²) in [6.45, 7) is 7.26. The van der Waals surface area contributed by atoms with Gasteiger partial charge in [0.2, 0.25) is 5.91 Å². The van der Waals surface area contributed by atoms with E-state index in [9.17, 15) is 4.79 Å². The molecular formula is C21H31NO3. The minimum absolute atomic E-state index is 0.0891. The van der Waals surface area contributed by atoms with Gasteiger partial charge in [-0.3, -0.25) is 4.79 Å². The van der Waals surface area contributed by atoms with E-state index in [2.05, 4.69) is 26.0 Å². The lowest BCUT2D eigenvalue weighted by atomic mass is 9.83. The molecule has 3 rings (SSSR count). The summed E-state index contributed by atoms with van der Waals surface area (Å²) in [5, 5.41) is 0. The molecule has 138 valence electrons. The zero-order valence-corrected chi connectivity index (χ0v) is 15.6. The monoisotopic (exact) mass is 345 g/mol. The van der Waals surface area contributed by atoms with Crippen LogP contribution in [0.5, 0.6) is 0 Å². The topological polar surface area (TPSA) is 38.8 Å². The summed E-state index contributed by atoms with van der Waals surface area (Å²) in [5.74, 6) is 0.711. The van der Waals surface area contributed by atoms with Crippen molar-refractivity contribution in [2.45, 2.75) is 64.3 Å². The highest BCUT2D eigenvalue weighted by molar-refractivity contribution is 5.76. The molecule has 0 N–H and O–H groups in total. The number of carbonyl (C=O) groups is 1. The molecule has 2 fully saturated rings. The number of benzene rings is 1. The molecule has 4 heteroatoms. The second kappa shape index (κ2) is 8.33. The maximum Gasteiger partial charge on any atom is 0.222 e. The molecule has 2 aliphatic rings. The average molecular weight is 345 g/mol. The molecule has 1 atom stereocenters. The van der Waals surface area contributed by atoms with Gasteiger partial charge in [0, 0.05) is 32.5 Å². The van der Waals surface area contributed by atoms with Gasteiger partial charge in [-0.1, -0.05) is 44.2 Å². The number of carbonyl (C=O) groups excluding carboxylic acids is 1. The van der Waals surface area contributed by atoms with E-state index in [0.29, 0.717) is 18.9 Å². The first kappa shape index (κ1) is 18.4. The van der Waals surface area contributed by atoms with E-state index in [-0.39, 0.29) is 17.6 Å². The third-order valence-corrected chi connectivity index (χ3v) is 5.39. The Bertz CT molecular complexity index is 550. The van der Waals surface area contributed by atoms with Crippen molar-refractivity contribution < 1.29 is 14.3 Å². The van der Waals surface area contributed by atoms with Crippen LogP contribution in [0.3, 0.4) is 0 Å². The van der Waals surface area contributed by atoms with Crippen molar-refractivity contribution >= 4 is 5.91 Å². The first-order chi connectivity index (χ1) is 12.1. The van der Waals surface area contributed by atoms with Gasteiger partial charge in [-0.25, -0.2) is 0 Å². The van der Waals surface area contributed by atoms with Crippen molar-refractivity contribution in [2.24, 2.45) is 5.92 Å². The van der Waals surface area contributed by atoms with E-state index in [0.717, 1.165) is 45.4 Å². The molecule has 2 heterocycles. The molecule has 25 heavy (non-hydrogen) atoms. The number of hydrogen-bond donors (Lipinski definition) is 0. The predicted octanol–water partition coefficient (Wildman–Crippen LogP) is 3.79. The fraction of sp³-hybridized carbons (Fsp3) is 0.667. The molecule has 1 aromatic rings. The van der Waals surface area contributed by atoms with Crippen LogP contribution < -0.4 is 0 Å². The Hall–Kier alpha value is -1.39. The van der Waals surface area contributed by atoms with Crippen molar-refractivity contribution in [2.75, 3.05) is 19.7 Å². The Morgan fingerprint density at radius 3 is 2.68 bits per heavy atom. The van der Waals surface area contributed by atoms with Gasteiger partial charge in [0.15, 0.2) is 0 Å². The Labute approximate surface area is 151 Å². The van der Waals surface area contributed by atoms with Gasteiger partial charge in [-0.15, -0.1) is 0 Å². The second-order valence-corrected chi connectivity index (χ2v) is 7.92. The highest BCUT2D eigenvalue weighted by Crippen LogP contribution is 2.36. The van der Waals surface area contributed by atoms with E-state index >= 15 is 0 Å². The molecule has 1 unspecified atom stereocenters. The summed E-state index contributed by atoms with van der Waals surface area (Å²) in [5.41, 5.74) is 1.13. The van der Waals surface area contributed by atoms with Crippen molar-refractivity contribution in [3.05, 3.63) is 35.9 Å². The molecule has 2 aliphatic heterocycles. The number of likely N-dealkylation sites (tertiary alicyclic amines) is 1. The molecular weight excluding hydrogens is 314 g/mol. The summed E-state index contributed by atoms with van der Waals surface area (Å²) in [6.07, 6.45) is 4.68. The molecule has 4 nitrogen and oxygen atoms in total. The van der Waals surface area contributed by atoms with Crippen LogP contribution in [0.4, 0.5) is 0 Å². The first-order valence-corrected chi connectivity index (χ1v) is 9.64. The molecule has 2 saturated heterocycles. The van der Waals surface area contributed by atoms with E-state index < -0.39 is 0 Å². The predicted molar refractivity (Wildman–Crippen MR) is 98.2 cm³/mol. The van der Waals surface area contributed by atoms with Crippen LogP contribution in [0.25, 0.3) is 0 Å². The van der Waals surface area contributed by atoms with Crippen LogP contribution in [0.2, 0.25) is 0 Å². The fourth-order valence-corrected chi connectivity index (χ4v) is 3.90. The summed E-state index contributed by atoms with van der Waals surface area (Å²) < 4.78 is 12.3. The Morgan fingerprint density at radius 1 is 1.28 bits per heavy atom. The van der Waals surface area contributed by atoms with Crippen molar-refractivity contribution in [1.29, 1.82) is 0 Å². The van der Waals surface area contributed by atoms with Crippen LogP contribution in [0, 0.1) is 5.92 Å². The maximum absolute atomic E-state index is 12.3. The number of piperidine rings is 1. The van der Waals surface area contributed by atoms with Crippen LogP contribution >= 0.6 is 0 Å². The third kappa shape index (κ3) is 5.05. The van der Waals surface area contributed by atoms with Crippen LogP contribution in [0.15, 0.2) is 30.3 Å². The largest absolute Gasteiger partial charge is 0.375 e. The summed E-state index contributed by atoms with van der Waals surface area (Å²) >= 11 is 0. The maximum atomic E-state index is 12.3. The first-order valence-electron chi connectivity index (χ1n) is 9.64. The minimum atomic E-state index is -0.0891. The fourth-order valence-electron chi connectivity index (χ4n) is 3.90. The van der Waals surface area contributed by atoms with Gasteiger partial charge in [0.1, 0.15) is 0 Å². The minimum Gasteiger partial charge on any atom is -0.375 e. The molecule has 1 amide bonds. The third-order valence-electron chi connectivity index (χ3n) is 5.39. The van der Waals surface area contributed by atoms with Crippen LogP contribution in [-0.2, 0) is 20.9 Å². The lowest BCUT2D eigenvalue weighted by Gasteiger charge is -2.46. The van der Waals surface area contributed by atoms with E-state index in [1.165, 1.54) is 5.56 Å². The molecule has 0 bridgehead atoms. The van der Waals surface area contributed by atoms with E-state index in [1.807, 2.05) is 23.1 Å². The second-order valence-electron chi connectivity index (χ2n) is 7.92. The molecule has 0 saturated carbocycles. The molecule has 0 aliphatic carbocycles. The number of hydrogen-bond acceptors (Lipinski definition) is 3. The summed E-state index contributed by atoms with van der Waals surface area (Å²) in [4.78, 5) is 14.3. The van der Waals surface area contributed by atoms with Crippen molar-refractivity contribution in [3.63, 3.8) is 0 Å². The lowest BCUT2D eigenvalue weighted by Crippen LogP contribution is -2.52. The van der Waals surface area contributed by atoms with Gasteiger partial charge in [-0.05, 0) is 30.7 Å². The van der Waals surface area contributed by atoms with E-state index in [1.54, 1.807) is 0 Å². The summed E-state index contributed by atoms with van der Waals surface area (Å²) in [6, 6.07) is 10.3. The standard InChI is InChI=1S/C21H31NO3/c1-17(2)14-20(23)22-11-9-21(10-12-22)15-19(8-13-25-21)24-16-18-6-4-3-5-7-18/h3-7,17,19H,8-16H2,1-2H3. The van der Waals surface area contributed by atoms with Gasteiger partial charge in [0.25, 0.3) is 0 Å². The Kier molecular flexibility index (Phi) is 6.13. The smallest absolute Gasteiger partial charge is 0.222 e. The quantitative estimate of drug-likeness (QED) is 0.815. The normalized spacial score (nSPS) is 23.2. The zero-order valence-electron chi connectivity index (χ0n) is 15.6. The molecule has 0 radical (unpaired) electrons. The van der Waals surface area contributed by atoms with E-state index in [4.69, 9.17) is 9.47 Å². The summed E-state index contributed by atoms with van der Waals surface area (Å²) in [7, 11) is 0. The highest BCUT2D eigenvalue weighted by atomic mass is 16.5. The van der Waals surface area contributed by atoms with Crippen LogP contribution in [-0.4, -0.2) is 42.2 Å². The van der Waals surface area contributed by atoms with Gasteiger partial charge in [-0.2, -0.15) is 0 Å². The SMILES string of the molecule is CC(C)CC(=O)N1CCC2(CC1)CC(OCc1ccccc1)CCO2. The zero-order chi connectivity index (χ0) is 17.7. The molecule has 1 aromatic carbocycles. The number of amides is 1. The van der Waals surface area contributed by atoms with Crippen molar-refractivity contribution in [1.82, 2.24) is 4.90 Å². The number of rotatable bonds is 5. The van der Waals surface area contributed by atoms with Gasteiger partial charge >= 0.3 is 0 Å².